The Morgan fingerprint density at radius 3 is 2.62 bits per heavy atom. The van der Waals surface area contributed by atoms with Gasteiger partial charge in [-0.1, -0.05) is 43.7 Å². The fourth-order valence-electron chi connectivity index (χ4n) is 3.48. The van der Waals surface area contributed by atoms with Crippen LogP contribution < -0.4 is 5.32 Å². The SMILES string of the molecule is CCC1CN(C(=NC)NC2CC2)CCC1c1ccccc1. The molecule has 2 atom stereocenters. The average Bonchev–Trinajstić information content (AvgIpc) is 3.37. The van der Waals surface area contributed by atoms with Crippen LogP contribution in [-0.4, -0.2) is 37.0 Å². The Hall–Kier alpha value is -1.51. The first-order chi connectivity index (χ1) is 10.3. The molecule has 2 fully saturated rings. The van der Waals surface area contributed by atoms with E-state index in [0.717, 1.165) is 25.0 Å². The van der Waals surface area contributed by atoms with E-state index in [-0.39, 0.29) is 0 Å². The molecule has 1 aromatic rings. The summed E-state index contributed by atoms with van der Waals surface area (Å²) >= 11 is 0. The number of aliphatic imine (C=N–C) groups is 1. The van der Waals surface area contributed by atoms with E-state index < -0.39 is 0 Å². The Labute approximate surface area is 128 Å². The van der Waals surface area contributed by atoms with Crippen LogP contribution in [0.3, 0.4) is 0 Å². The molecule has 1 aromatic carbocycles. The quantitative estimate of drug-likeness (QED) is 0.682. The standard InChI is InChI=1S/C18H27N3/c1-3-14-13-21(18(19-2)20-16-9-10-16)12-11-17(14)15-7-5-4-6-8-15/h4-8,14,16-17H,3,9-13H2,1-2H3,(H,19,20). The molecule has 1 saturated carbocycles. The summed E-state index contributed by atoms with van der Waals surface area (Å²) in [6.07, 6.45) is 5.07. The largest absolute Gasteiger partial charge is 0.354 e. The Bertz CT molecular complexity index is 478. The highest BCUT2D eigenvalue weighted by molar-refractivity contribution is 5.80. The maximum Gasteiger partial charge on any atom is 0.193 e. The summed E-state index contributed by atoms with van der Waals surface area (Å²) in [5.74, 6) is 2.54. The number of likely N-dealkylation sites (tertiary alicyclic amines) is 1. The molecule has 0 radical (unpaired) electrons. The number of nitrogens with one attached hydrogen (secondary N) is 1. The van der Waals surface area contributed by atoms with Crippen molar-refractivity contribution >= 4 is 5.96 Å². The minimum atomic E-state index is 0.677. The molecule has 0 bridgehead atoms. The van der Waals surface area contributed by atoms with Gasteiger partial charge in [0.15, 0.2) is 5.96 Å². The first-order valence-electron chi connectivity index (χ1n) is 8.35. The highest BCUT2D eigenvalue weighted by Crippen LogP contribution is 2.35. The number of hydrogen-bond acceptors (Lipinski definition) is 1. The molecule has 3 rings (SSSR count). The van der Waals surface area contributed by atoms with Crippen LogP contribution in [0.5, 0.6) is 0 Å². The summed E-state index contributed by atoms with van der Waals surface area (Å²) < 4.78 is 0. The van der Waals surface area contributed by atoms with Gasteiger partial charge in [0.2, 0.25) is 0 Å². The number of guanidine groups is 1. The molecule has 0 aromatic heterocycles. The highest BCUT2D eigenvalue weighted by Gasteiger charge is 2.32. The van der Waals surface area contributed by atoms with Gasteiger partial charge in [-0.3, -0.25) is 4.99 Å². The molecule has 114 valence electrons. The maximum atomic E-state index is 4.49. The lowest BCUT2D eigenvalue weighted by molar-refractivity contribution is 0.215. The van der Waals surface area contributed by atoms with Crippen LogP contribution in [0.1, 0.15) is 44.1 Å². The normalized spacial score (nSPS) is 26.8. The third kappa shape index (κ3) is 3.39. The number of benzene rings is 1. The van der Waals surface area contributed by atoms with Gasteiger partial charge in [-0.25, -0.2) is 0 Å². The van der Waals surface area contributed by atoms with Crippen LogP contribution in [0.2, 0.25) is 0 Å². The predicted octanol–water partition coefficient (Wildman–Crippen LogP) is 3.24. The topological polar surface area (TPSA) is 27.6 Å². The Kier molecular flexibility index (Phi) is 4.47. The Morgan fingerprint density at radius 2 is 2.00 bits per heavy atom. The van der Waals surface area contributed by atoms with Crippen LogP contribution in [0.25, 0.3) is 0 Å². The third-order valence-corrected chi connectivity index (χ3v) is 4.91. The first-order valence-corrected chi connectivity index (χ1v) is 8.35. The first kappa shape index (κ1) is 14.4. The highest BCUT2D eigenvalue weighted by atomic mass is 15.3. The van der Waals surface area contributed by atoms with Crippen LogP contribution in [0, 0.1) is 5.92 Å². The molecule has 1 N–H and O–H groups in total. The number of piperidine rings is 1. The molecule has 3 nitrogen and oxygen atoms in total. The van der Waals surface area contributed by atoms with E-state index in [1.54, 1.807) is 0 Å². The summed E-state index contributed by atoms with van der Waals surface area (Å²) in [7, 11) is 1.91. The fraction of sp³-hybridized carbons (Fsp3) is 0.611. The molecule has 21 heavy (non-hydrogen) atoms. The summed E-state index contributed by atoms with van der Waals surface area (Å²) in [5, 5.41) is 3.59. The van der Waals surface area contributed by atoms with E-state index in [4.69, 9.17) is 0 Å². The lowest BCUT2D eigenvalue weighted by atomic mass is 9.79. The zero-order valence-electron chi connectivity index (χ0n) is 13.3. The molecule has 2 unspecified atom stereocenters. The fourth-order valence-corrected chi connectivity index (χ4v) is 3.48. The lowest BCUT2D eigenvalue weighted by Crippen LogP contribution is -2.49. The molecule has 1 heterocycles. The van der Waals surface area contributed by atoms with Crippen molar-refractivity contribution in [3.05, 3.63) is 35.9 Å². The second kappa shape index (κ2) is 6.50. The van der Waals surface area contributed by atoms with Gasteiger partial charge in [0.1, 0.15) is 0 Å². The molecule has 2 aliphatic rings. The molecule has 1 saturated heterocycles. The molecule has 0 spiro atoms. The van der Waals surface area contributed by atoms with Crippen molar-refractivity contribution in [2.75, 3.05) is 20.1 Å². The van der Waals surface area contributed by atoms with Crippen molar-refractivity contribution in [2.24, 2.45) is 10.9 Å². The van der Waals surface area contributed by atoms with E-state index in [2.05, 4.69) is 52.5 Å². The van der Waals surface area contributed by atoms with E-state index in [1.165, 1.54) is 31.2 Å². The predicted molar refractivity (Wildman–Crippen MR) is 88.7 cm³/mol. The smallest absolute Gasteiger partial charge is 0.193 e. The van der Waals surface area contributed by atoms with Gasteiger partial charge < -0.3 is 10.2 Å². The zero-order valence-corrected chi connectivity index (χ0v) is 13.3. The van der Waals surface area contributed by atoms with Gasteiger partial charge >= 0.3 is 0 Å². The summed E-state index contributed by atoms with van der Waals surface area (Å²) in [5.41, 5.74) is 1.51. The molecule has 1 aliphatic carbocycles. The van der Waals surface area contributed by atoms with Crippen molar-refractivity contribution in [2.45, 2.75) is 44.6 Å². The summed E-state index contributed by atoms with van der Waals surface area (Å²) in [6.45, 7) is 4.56. The second-order valence-electron chi connectivity index (χ2n) is 6.39. The van der Waals surface area contributed by atoms with Crippen LogP contribution >= 0.6 is 0 Å². The number of nitrogens with zero attached hydrogens (tertiary/aromatic N) is 2. The van der Waals surface area contributed by atoms with E-state index in [1.807, 2.05) is 7.05 Å². The number of rotatable bonds is 3. The van der Waals surface area contributed by atoms with Crippen molar-refractivity contribution < 1.29 is 0 Å². The van der Waals surface area contributed by atoms with Crippen molar-refractivity contribution in [1.82, 2.24) is 10.2 Å². The third-order valence-electron chi connectivity index (χ3n) is 4.91. The zero-order chi connectivity index (χ0) is 14.7. The second-order valence-corrected chi connectivity index (χ2v) is 6.39. The van der Waals surface area contributed by atoms with Crippen molar-refractivity contribution in [3.63, 3.8) is 0 Å². The maximum absolute atomic E-state index is 4.49. The van der Waals surface area contributed by atoms with Crippen LogP contribution in [-0.2, 0) is 0 Å². The van der Waals surface area contributed by atoms with Crippen LogP contribution in [0.4, 0.5) is 0 Å². The van der Waals surface area contributed by atoms with E-state index >= 15 is 0 Å². The molecule has 0 amide bonds. The van der Waals surface area contributed by atoms with E-state index in [9.17, 15) is 0 Å². The molecule has 1 aliphatic heterocycles. The van der Waals surface area contributed by atoms with Gasteiger partial charge in [0.25, 0.3) is 0 Å². The average molecular weight is 285 g/mol. The van der Waals surface area contributed by atoms with Gasteiger partial charge in [-0.15, -0.1) is 0 Å². The van der Waals surface area contributed by atoms with Crippen molar-refractivity contribution in [1.29, 1.82) is 0 Å². The minimum absolute atomic E-state index is 0.677. The van der Waals surface area contributed by atoms with Gasteiger partial charge in [0, 0.05) is 26.2 Å². The molecule has 3 heteroatoms. The summed E-state index contributed by atoms with van der Waals surface area (Å²) in [4.78, 5) is 6.95. The van der Waals surface area contributed by atoms with Gasteiger partial charge in [-0.05, 0) is 36.7 Å². The van der Waals surface area contributed by atoms with Gasteiger partial charge in [0.05, 0.1) is 0 Å². The van der Waals surface area contributed by atoms with Gasteiger partial charge in [-0.2, -0.15) is 0 Å². The van der Waals surface area contributed by atoms with Crippen molar-refractivity contribution in [3.8, 4) is 0 Å². The molecular weight excluding hydrogens is 258 g/mol. The Morgan fingerprint density at radius 1 is 1.24 bits per heavy atom. The van der Waals surface area contributed by atoms with Crippen LogP contribution in [0.15, 0.2) is 35.3 Å². The monoisotopic (exact) mass is 285 g/mol. The Balaban J connectivity index is 1.68. The van der Waals surface area contributed by atoms with E-state index in [0.29, 0.717) is 12.0 Å². The lowest BCUT2D eigenvalue weighted by Gasteiger charge is -2.40. The minimum Gasteiger partial charge on any atom is -0.354 e. The summed E-state index contributed by atoms with van der Waals surface area (Å²) in [6, 6.07) is 11.7. The number of hydrogen-bond donors (Lipinski definition) is 1. The molecular formula is C18H27N3.